The number of ketones is 1. The fourth-order valence-electron chi connectivity index (χ4n) is 8.69. The maximum Gasteiger partial charge on any atom is 0.139 e. The van der Waals surface area contributed by atoms with Crippen molar-refractivity contribution in [2.45, 2.75) is 117 Å². The second kappa shape index (κ2) is 9.09. The van der Waals surface area contributed by atoms with Gasteiger partial charge in [-0.2, -0.15) is 0 Å². The van der Waals surface area contributed by atoms with Crippen molar-refractivity contribution in [2.75, 3.05) is 19.6 Å². The first kappa shape index (κ1) is 23.7. The second-order valence-corrected chi connectivity index (χ2v) is 12.5. The molecular formula is C28H49NO2. The van der Waals surface area contributed by atoms with Crippen molar-refractivity contribution in [3.63, 3.8) is 0 Å². The Kier molecular flexibility index (Phi) is 6.96. The van der Waals surface area contributed by atoms with Crippen LogP contribution in [0, 0.1) is 34.5 Å². The zero-order valence-corrected chi connectivity index (χ0v) is 20.9. The molecule has 0 amide bonds. The van der Waals surface area contributed by atoms with Gasteiger partial charge in [0, 0.05) is 18.4 Å². The monoisotopic (exact) mass is 431 g/mol. The molecule has 4 saturated carbocycles. The van der Waals surface area contributed by atoms with Crippen LogP contribution in [0.15, 0.2) is 0 Å². The highest BCUT2D eigenvalue weighted by Crippen LogP contribution is 2.66. The summed E-state index contributed by atoms with van der Waals surface area (Å²) >= 11 is 0. The summed E-state index contributed by atoms with van der Waals surface area (Å²) in [5.74, 6) is 3.38. The highest BCUT2D eigenvalue weighted by atomic mass is 16.3. The first-order valence-corrected chi connectivity index (χ1v) is 13.7. The number of Topliss-reactive ketones (excluding diaryl/α,β-unsaturated/α-hetero) is 1. The quantitative estimate of drug-likeness (QED) is 0.495. The van der Waals surface area contributed by atoms with E-state index in [4.69, 9.17) is 0 Å². The Morgan fingerprint density at radius 1 is 0.935 bits per heavy atom. The molecule has 4 fully saturated rings. The van der Waals surface area contributed by atoms with Crippen molar-refractivity contribution >= 4 is 5.78 Å². The summed E-state index contributed by atoms with van der Waals surface area (Å²) in [5.41, 5.74) is -0.135. The summed E-state index contributed by atoms with van der Waals surface area (Å²) < 4.78 is 0. The Morgan fingerprint density at radius 3 is 2.32 bits per heavy atom. The van der Waals surface area contributed by atoms with E-state index in [0.717, 1.165) is 63.6 Å². The molecule has 0 aromatic heterocycles. The number of fused-ring (bicyclic) bond motifs is 5. The van der Waals surface area contributed by atoms with Crippen LogP contribution in [-0.4, -0.2) is 41.0 Å². The predicted molar refractivity (Wildman–Crippen MR) is 128 cm³/mol. The molecule has 0 heterocycles. The number of hydrogen-bond donors (Lipinski definition) is 1. The summed E-state index contributed by atoms with van der Waals surface area (Å²) in [5, 5.41) is 11.7. The van der Waals surface area contributed by atoms with Crippen LogP contribution in [0.2, 0.25) is 0 Å². The first-order valence-electron chi connectivity index (χ1n) is 13.7. The molecule has 1 N–H and O–H groups in total. The van der Waals surface area contributed by atoms with Gasteiger partial charge >= 0.3 is 0 Å². The lowest BCUT2D eigenvalue weighted by Crippen LogP contribution is -2.57. The summed E-state index contributed by atoms with van der Waals surface area (Å²) in [6.07, 6.45) is 15.0. The second-order valence-electron chi connectivity index (χ2n) is 12.5. The summed E-state index contributed by atoms with van der Waals surface area (Å²) in [4.78, 5) is 15.2. The third-order valence-corrected chi connectivity index (χ3v) is 10.7. The molecule has 0 unspecified atom stereocenters. The van der Waals surface area contributed by atoms with Gasteiger partial charge < -0.3 is 10.0 Å². The van der Waals surface area contributed by atoms with Crippen LogP contribution < -0.4 is 0 Å². The normalized spacial score (nSPS) is 44.8. The van der Waals surface area contributed by atoms with E-state index in [2.05, 4.69) is 32.6 Å². The van der Waals surface area contributed by atoms with Crippen LogP contribution in [0.25, 0.3) is 0 Å². The minimum Gasteiger partial charge on any atom is -0.389 e. The molecule has 0 aromatic carbocycles. The van der Waals surface area contributed by atoms with E-state index in [9.17, 15) is 9.90 Å². The summed E-state index contributed by atoms with van der Waals surface area (Å²) in [6, 6.07) is 0. The number of unbranched alkanes of at least 4 members (excludes halogenated alkanes) is 2. The van der Waals surface area contributed by atoms with E-state index in [1.165, 1.54) is 51.4 Å². The summed E-state index contributed by atoms with van der Waals surface area (Å²) in [6.45, 7) is 12.6. The Bertz CT molecular complexity index is 641. The molecule has 3 heteroatoms. The standard InChI is InChI=1S/C28H49NO2/c1-5-7-17-29(18-8-6-2)20-28(31)16-15-26(3)21(19-28)9-10-22-23-11-12-25(30)27(23,4)14-13-24(22)26/h21-24,31H,5-20H2,1-4H3/t21-,22-,23-,24-,26-,27-,28+/m0/s1. The van der Waals surface area contributed by atoms with Gasteiger partial charge in [0.2, 0.25) is 0 Å². The number of rotatable bonds is 8. The van der Waals surface area contributed by atoms with Crippen molar-refractivity contribution in [1.29, 1.82) is 0 Å². The number of hydrogen-bond acceptors (Lipinski definition) is 3. The van der Waals surface area contributed by atoms with E-state index in [1.807, 2.05) is 0 Å². The topological polar surface area (TPSA) is 40.5 Å². The van der Waals surface area contributed by atoms with Gasteiger partial charge in [0.25, 0.3) is 0 Å². The molecule has 0 radical (unpaired) electrons. The molecule has 0 spiro atoms. The molecule has 0 saturated heterocycles. The SMILES string of the molecule is CCCCN(CCCC)C[C@@]1(O)CC[C@@]2(C)[C@@H](CC[C@@H]3[C@@H]2CC[C@]2(C)C(=O)CC[C@@H]32)C1. The molecule has 4 aliphatic carbocycles. The van der Waals surface area contributed by atoms with Gasteiger partial charge in [-0.25, -0.2) is 0 Å². The molecule has 178 valence electrons. The molecule has 0 aromatic rings. The van der Waals surface area contributed by atoms with Gasteiger partial charge in [-0.3, -0.25) is 4.79 Å². The number of carbonyl (C=O) groups is 1. The van der Waals surface area contributed by atoms with Crippen molar-refractivity contribution in [3.8, 4) is 0 Å². The van der Waals surface area contributed by atoms with E-state index in [-0.39, 0.29) is 5.41 Å². The van der Waals surface area contributed by atoms with Gasteiger partial charge in [-0.05, 0) is 106 Å². The molecule has 3 nitrogen and oxygen atoms in total. The van der Waals surface area contributed by atoms with Gasteiger partial charge in [-0.15, -0.1) is 0 Å². The maximum absolute atomic E-state index is 12.7. The van der Waals surface area contributed by atoms with E-state index in [1.54, 1.807) is 0 Å². The van der Waals surface area contributed by atoms with Crippen LogP contribution in [-0.2, 0) is 4.79 Å². The third-order valence-electron chi connectivity index (χ3n) is 10.7. The zero-order valence-electron chi connectivity index (χ0n) is 20.9. The average molecular weight is 432 g/mol. The molecule has 31 heavy (non-hydrogen) atoms. The van der Waals surface area contributed by atoms with E-state index >= 15 is 0 Å². The highest BCUT2D eigenvalue weighted by Gasteiger charge is 2.61. The van der Waals surface area contributed by atoms with Crippen molar-refractivity contribution < 1.29 is 9.90 Å². The lowest BCUT2D eigenvalue weighted by molar-refractivity contribution is -0.157. The molecule has 4 rings (SSSR count). The fourth-order valence-corrected chi connectivity index (χ4v) is 8.69. The van der Waals surface area contributed by atoms with Crippen LogP contribution in [0.1, 0.15) is 111 Å². The molecule has 0 bridgehead atoms. The molecule has 0 aliphatic heterocycles. The number of aliphatic hydroxyl groups is 1. The summed E-state index contributed by atoms with van der Waals surface area (Å²) in [7, 11) is 0. The lowest BCUT2D eigenvalue weighted by Gasteiger charge is -2.61. The van der Waals surface area contributed by atoms with Crippen molar-refractivity contribution in [1.82, 2.24) is 4.90 Å². The third kappa shape index (κ3) is 4.27. The Hall–Kier alpha value is -0.410. The van der Waals surface area contributed by atoms with Gasteiger partial charge in [0.15, 0.2) is 0 Å². The van der Waals surface area contributed by atoms with Crippen LogP contribution >= 0.6 is 0 Å². The van der Waals surface area contributed by atoms with Crippen LogP contribution in [0.5, 0.6) is 0 Å². The lowest BCUT2D eigenvalue weighted by atomic mass is 9.44. The van der Waals surface area contributed by atoms with E-state index < -0.39 is 5.60 Å². The Balaban J connectivity index is 1.45. The minimum absolute atomic E-state index is 0.0151. The Labute approximate surface area is 191 Å². The first-order chi connectivity index (χ1) is 14.8. The smallest absolute Gasteiger partial charge is 0.139 e. The van der Waals surface area contributed by atoms with Gasteiger partial charge in [-0.1, -0.05) is 40.5 Å². The van der Waals surface area contributed by atoms with Crippen LogP contribution in [0.3, 0.4) is 0 Å². The van der Waals surface area contributed by atoms with Crippen molar-refractivity contribution in [3.05, 3.63) is 0 Å². The Morgan fingerprint density at radius 2 is 1.65 bits per heavy atom. The molecule has 4 aliphatic rings. The van der Waals surface area contributed by atoms with Gasteiger partial charge in [0.1, 0.15) is 5.78 Å². The minimum atomic E-state index is -0.495. The molecular weight excluding hydrogens is 382 g/mol. The zero-order chi connectivity index (χ0) is 22.3. The molecule has 7 atom stereocenters. The van der Waals surface area contributed by atoms with Crippen LogP contribution in [0.4, 0.5) is 0 Å². The average Bonchev–Trinajstić information content (AvgIpc) is 3.05. The number of nitrogens with zero attached hydrogens (tertiary/aromatic N) is 1. The maximum atomic E-state index is 12.7. The largest absolute Gasteiger partial charge is 0.389 e. The fraction of sp³-hybridized carbons (Fsp3) is 0.964. The highest BCUT2D eigenvalue weighted by molar-refractivity contribution is 5.87. The number of carbonyl (C=O) groups excluding carboxylic acids is 1. The van der Waals surface area contributed by atoms with Gasteiger partial charge in [0.05, 0.1) is 5.60 Å². The van der Waals surface area contributed by atoms with E-state index in [0.29, 0.717) is 23.0 Å². The van der Waals surface area contributed by atoms with Crippen molar-refractivity contribution in [2.24, 2.45) is 34.5 Å². The predicted octanol–water partition coefficient (Wildman–Crippen LogP) is 6.23.